The average Bonchev–Trinajstić information content (AvgIpc) is 4.24. The van der Waals surface area contributed by atoms with Crippen molar-refractivity contribution in [2.24, 2.45) is 11.7 Å². The molecule has 2 aromatic carbocycles. The van der Waals surface area contributed by atoms with Crippen molar-refractivity contribution in [3.05, 3.63) is 102 Å². The normalized spacial score (nSPS) is 16.7. The number of rotatable bonds is 29. The van der Waals surface area contributed by atoms with Gasteiger partial charge in [-0.15, -0.1) is 0 Å². The fraction of sp³-hybridized carbons (Fsp3) is 0.471. The quantitative estimate of drug-likeness (QED) is 0.0245. The number of carboxylic acids is 1. The largest absolute Gasteiger partial charge is 0.508 e. The van der Waals surface area contributed by atoms with Gasteiger partial charge in [0.05, 0.1) is 31.4 Å². The summed E-state index contributed by atoms with van der Waals surface area (Å²) in [6, 6.07) is 1.84. The molecule has 2 aromatic heterocycles. The molecule has 422 valence electrons. The topological polar surface area (TPSA) is 405 Å². The predicted octanol–water partition coefficient (Wildman–Crippen LogP) is -2.75. The number of hydrogen-bond donors (Lipinski definition) is 15. The lowest BCUT2D eigenvalue weighted by molar-refractivity contribution is -0.149. The van der Waals surface area contributed by atoms with Crippen LogP contribution in [-0.2, 0) is 68.8 Å². The first-order valence-corrected chi connectivity index (χ1v) is 25.9. The first kappa shape index (κ1) is 61.0. The molecule has 27 heteroatoms. The Morgan fingerprint density at radius 1 is 0.654 bits per heavy atom. The van der Waals surface area contributed by atoms with E-state index in [1.54, 1.807) is 44.2 Å². The molecule has 1 fully saturated rings. The van der Waals surface area contributed by atoms with Gasteiger partial charge in [0.1, 0.15) is 54.1 Å². The molecule has 78 heavy (non-hydrogen) atoms. The molecule has 10 atom stereocenters. The molecular weight excluding hydrogens is 1030 g/mol. The van der Waals surface area contributed by atoms with Crippen LogP contribution in [0, 0.1) is 5.92 Å². The van der Waals surface area contributed by atoms with Crippen LogP contribution < -0.4 is 43.0 Å². The van der Waals surface area contributed by atoms with E-state index < -0.39 is 126 Å². The Hall–Kier alpha value is -7.88. The molecule has 5 rings (SSSR count). The number of phenolic OH excluding ortho intramolecular Hbond substituents is 1. The zero-order valence-corrected chi connectivity index (χ0v) is 44.2. The van der Waals surface area contributed by atoms with Crippen LogP contribution in [0.4, 0.5) is 0 Å². The number of aliphatic carboxylic acids is 1. The number of H-pyrrole nitrogens is 2. The molecule has 0 unspecified atom stereocenters. The standard InChI is InChI=1S/C51H69N13O13S/c1-27(2)16-35(44(69)59-37(20-32-22-54-26-56-32)45(70)60-38(18-29-8-5-4-6-9-29)50(75)64-15-7-10-41(64)51(76)77)58-47(72)39(23-65)61-48(73)40(24-78)62-49(74)42(28(3)66)63-46(71)36(17-30-11-13-33(67)14-12-30)57-43(68)34(52)19-31-21-53-25-55-31/h4-6,8-9,11-14,21-22,25-28,34-42,65-67,78H,7,10,15-20,23-24,52H2,1-3H3,(H,53,55)(H,54,56)(H,57,68)(H,58,72)(H,59,69)(H,60,70)(H,61,73)(H,62,74)(H,63,71)(H,76,77)/t28-,34+,35+,36+,37+,38+,39+,40+,41+,42+/m1/s1. The Kier molecular flexibility index (Phi) is 23.1. The van der Waals surface area contributed by atoms with Gasteiger partial charge in [0.15, 0.2) is 0 Å². The SMILES string of the molecule is CC(C)C[C@H](NC(=O)[C@H](CO)NC(=O)[C@H](CS)NC(=O)[C@@H](NC(=O)[C@H](Cc1ccc(O)cc1)NC(=O)[C@@H](N)Cc1cnc[nH]1)[C@@H](C)O)C(=O)N[C@@H](Cc1cnc[nH]1)C(=O)N[C@@H](Cc1ccccc1)C(=O)N1CCC[C@H]1C(=O)O. The number of benzene rings is 2. The highest BCUT2D eigenvalue weighted by Crippen LogP contribution is 2.20. The Bertz CT molecular complexity index is 2640. The fourth-order valence-electron chi connectivity index (χ4n) is 8.55. The Morgan fingerprint density at radius 3 is 1.73 bits per heavy atom. The number of nitrogens with one attached hydrogen (secondary N) is 9. The minimum atomic E-state index is -1.73. The van der Waals surface area contributed by atoms with Crippen molar-refractivity contribution in [2.45, 2.75) is 126 Å². The molecular formula is C51H69N13O13S. The maximum absolute atomic E-state index is 14.3. The van der Waals surface area contributed by atoms with Crippen LogP contribution in [0.15, 0.2) is 79.6 Å². The van der Waals surface area contributed by atoms with Gasteiger partial charge in [-0.1, -0.05) is 56.3 Å². The third kappa shape index (κ3) is 18.1. The number of aliphatic hydroxyl groups excluding tert-OH is 2. The number of carboxylic acid groups (broad SMARTS) is 1. The first-order valence-electron chi connectivity index (χ1n) is 25.2. The van der Waals surface area contributed by atoms with Gasteiger partial charge in [-0.3, -0.25) is 38.4 Å². The summed E-state index contributed by atoms with van der Waals surface area (Å²) in [6.07, 6.45) is 4.44. The third-order valence-electron chi connectivity index (χ3n) is 12.7. The first-order chi connectivity index (χ1) is 37.2. The molecule has 8 amide bonds. The number of nitrogens with two attached hydrogens (primary N) is 1. The van der Waals surface area contributed by atoms with E-state index in [9.17, 15) is 63.6 Å². The number of imidazole rings is 2. The molecule has 1 aliphatic rings. The second-order valence-electron chi connectivity index (χ2n) is 19.3. The summed E-state index contributed by atoms with van der Waals surface area (Å²) in [5.74, 6) is -9.03. The van der Waals surface area contributed by atoms with E-state index in [1.165, 1.54) is 61.1 Å². The average molecular weight is 1100 g/mol. The van der Waals surface area contributed by atoms with Crippen molar-refractivity contribution in [1.82, 2.24) is 62.1 Å². The maximum Gasteiger partial charge on any atom is 0.326 e. The Morgan fingerprint density at radius 2 is 1.15 bits per heavy atom. The van der Waals surface area contributed by atoms with Gasteiger partial charge in [-0.2, -0.15) is 12.6 Å². The van der Waals surface area contributed by atoms with Gasteiger partial charge in [0, 0.05) is 61.8 Å². The number of likely N-dealkylation sites (tertiary alicyclic amines) is 1. The van der Waals surface area contributed by atoms with E-state index in [1.807, 2.05) is 0 Å². The molecule has 0 saturated carbocycles. The molecule has 1 saturated heterocycles. The van der Waals surface area contributed by atoms with E-state index in [0.29, 0.717) is 28.9 Å². The van der Waals surface area contributed by atoms with Crippen molar-refractivity contribution >= 4 is 65.9 Å². The van der Waals surface area contributed by atoms with Gasteiger partial charge in [-0.05, 0) is 55.4 Å². The number of aliphatic hydroxyl groups is 2. The molecule has 26 nitrogen and oxygen atoms in total. The molecule has 0 radical (unpaired) electrons. The molecule has 1 aliphatic heterocycles. The van der Waals surface area contributed by atoms with Crippen molar-refractivity contribution in [2.75, 3.05) is 18.9 Å². The summed E-state index contributed by atoms with van der Waals surface area (Å²) in [7, 11) is 0. The van der Waals surface area contributed by atoms with Gasteiger partial charge in [0.2, 0.25) is 47.3 Å². The fourth-order valence-corrected chi connectivity index (χ4v) is 8.80. The number of aromatic nitrogens is 4. The van der Waals surface area contributed by atoms with E-state index in [-0.39, 0.29) is 56.7 Å². The highest BCUT2D eigenvalue weighted by molar-refractivity contribution is 7.80. The smallest absolute Gasteiger partial charge is 0.326 e. The number of phenols is 1. The summed E-state index contributed by atoms with van der Waals surface area (Å²) in [6.45, 7) is 3.85. The monoisotopic (exact) mass is 1100 g/mol. The summed E-state index contributed by atoms with van der Waals surface area (Å²) in [4.78, 5) is 138. The number of aromatic amines is 2. The molecule has 3 heterocycles. The number of amides is 8. The Labute approximate surface area is 454 Å². The highest BCUT2D eigenvalue weighted by atomic mass is 32.1. The number of carbonyl (C=O) groups is 9. The van der Waals surface area contributed by atoms with Gasteiger partial charge >= 0.3 is 5.97 Å². The number of thiol groups is 1. The number of carbonyl (C=O) groups excluding carboxylic acids is 8. The van der Waals surface area contributed by atoms with Crippen LogP contribution in [0.5, 0.6) is 5.75 Å². The van der Waals surface area contributed by atoms with Crippen molar-refractivity contribution in [3.8, 4) is 5.75 Å². The van der Waals surface area contributed by atoms with Crippen molar-refractivity contribution in [1.29, 1.82) is 0 Å². The van der Waals surface area contributed by atoms with Crippen LogP contribution >= 0.6 is 12.6 Å². The number of hydrogen-bond acceptors (Lipinski definition) is 16. The lowest BCUT2D eigenvalue weighted by Gasteiger charge is -2.30. The summed E-state index contributed by atoms with van der Waals surface area (Å²) < 4.78 is 0. The van der Waals surface area contributed by atoms with Crippen LogP contribution in [0.2, 0.25) is 0 Å². The van der Waals surface area contributed by atoms with E-state index in [2.05, 4.69) is 69.8 Å². The van der Waals surface area contributed by atoms with Gasteiger partial charge < -0.3 is 78.2 Å². The van der Waals surface area contributed by atoms with Crippen LogP contribution in [0.25, 0.3) is 0 Å². The number of aromatic hydroxyl groups is 1. The third-order valence-corrected chi connectivity index (χ3v) is 13.1. The van der Waals surface area contributed by atoms with Gasteiger partial charge in [-0.25, -0.2) is 14.8 Å². The van der Waals surface area contributed by atoms with E-state index >= 15 is 0 Å². The second kappa shape index (κ2) is 29.6. The Balaban J connectivity index is 1.27. The van der Waals surface area contributed by atoms with Crippen molar-refractivity contribution < 1.29 is 63.6 Å². The minimum absolute atomic E-state index is 0.0102. The zero-order chi connectivity index (χ0) is 57.1. The lowest BCUT2D eigenvalue weighted by atomic mass is 10.0. The van der Waals surface area contributed by atoms with Crippen molar-refractivity contribution in [3.63, 3.8) is 0 Å². The summed E-state index contributed by atoms with van der Waals surface area (Å²) >= 11 is 4.19. The number of nitrogens with zero attached hydrogens (tertiary/aromatic N) is 3. The molecule has 0 aliphatic carbocycles. The van der Waals surface area contributed by atoms with E-state index in [4.69, 9.17) is 5.73 Å². The molecule has 0 spiro atoms. The van der Waals surface area contributed by atoms with Crippen LogP contribution in [0.3, 0.4) is 0 Å². The molecule has 15 N–H and O–H groups in total. The van der Waals surface area contributed by atoms with Gasteiger partial charge in [0.25, 0.3) is 0 Å². The molecule has 0 bridgehead atoms. The van der Waals surface area contributed by atoms with Crippen LogP contribution in [0.1, 0.15) is 62.5 Å². The summed E-state index contributed by atoms with van der Waals surface area (Å²) in [5.41, 5.74) is 8.24. The predicted molar refractivity (Wildman–Crippen MR) is 282 cm³/mol. The zero-order valence-electron chi connectivity index (χ0n) is 43.3. The van der Waals surface area contributed by atoms with Crippen LogP contribution in [-0.4, -0.2) is 178 Å². The minimum Gasteiger partial charge on any atom is -0.508 e. The maximum atomic E-state index is 14.3. The highest BCUT2D eigenvalue weighted by Gasteiger charge is 2.40. The van der Waals surface area contributed by atoms with E-state index in [0.717, 1.165) is 0 Å². The molecule has 4 aromatic rings. The lowest BCUT2D eigenvalue weighted by Crippen LogP contribution is -2.62. The summed E-state index contributed by atoms with van der Waals surface area (Å²) in [5, 5.41) is 58.4. The second-order valence-corrected chi connectivity index (χ2v) is 19.7.